The van der Waals surface area contributed by atoms with E-state index >= 15 is 0 Å². The van der Waals surface area contributed by atoms with Gasteiger partial charge in [-0.05, 0) is 12.1 Å². The van der Waals surface area contributed by atoms with E-state index in [0.29, 0.717) is 11.5 Å². The van der Waals surface area contributed by atoms with Gasteiger partial charge in [-0.3, -0.25) is 14.3 Å². The molecule has 106 valence electrons. The summed E-state index contributed by atoms with van der Waals surface area (Å²) < 4.78 is 12.5. The predicted octanol–water partition coefficient (Wildman–Crippen LogP) is 0.248. The minimum Gasteiger partial charge on any atom is -0.486 e. The zero-order chi connectivity index (χ0) is 14.8. The predicted molar refractivity (Wildman–Crippen MR) is 72.4 cm³/mol. The number of ether oxygens (including phenoxy) is 2. The first-order chi connectivity index (χ1) is 10.2. The van der Waals surface area contributed by atoms with Gasteiger partial charge in [0.05, 0.1) is 6.54 Å². The Bertz CT molecular complexity index is 831. The molecule has 1 atom stereocenters. The maximum absolute atomic E-state index is 11.7. The molecule has 1 N–H and O–H groups in total. The van der Waals surface area contributed by atoms with E-state index in [0.717, 1.165) is 0 Å². The van der Waals surface area contributed by atoms with E-state index in [4.69, 9.17) is 14.7 Å². The van der Waals surface area contributed by atoms with Gasteiger partial charge >= 0.3 is 5.69 Å². The number of nitrogens with zero attached hydrogens (tertiary/aromatic N) is 2. The monoisotopic (exact) mass is 285 g/mol. The van der Waals surface area contributed by atoms with Gasteiger partial charge in [0.15, 0.2) is 17.6 Å². The minimum absolute atomic E-state index is 0.119. The number of nitrogens with one attached hydrogen (secondary N) is 1. The summed E-state index contributed by atoms with van der Waals surface area (Å²) in [4.78, 5) is 25.2. The average molecular weight is 285 g/mol. The summed E-state index contributed by atoms with van der Waals surface area (Å²) in [6.45, 7) is 0.461. The summed E-state index contributed by atoms with van der Waals surface area (Å²) in [5.74, 6) is 1.26. The fraction of sp³-hybridized carbons (Fsp3) is 0.214. The Morgan fingerprint density at radius 3 is 2.86 bits per heavy atom. The van der Waals surface area contributed by atoms with Gasteiger partial charge < -0.3 is 9.47 Å². The third-order valence-electron chi connectivity index (χ3n) is 3.10. The highest BCUT2D eigenvalue weighted by Crippen LogP contribution is 2.30. The zero-order valence-corrected chi connectivity index (χ0v) is 10.9. The molecule has 0 aliphatic carbocycles. The maximum Gasteiger partial charge on any atom is 0.328 e. The first kappa shape index (κ1) is 13.0. The quantitative estimate of drug-likeness (QED) is 0.853. The Hall–Kier alpha value is -3.01. The molecule has 2 heterocycles. The SMILES string of the molecule is N#Cc1cn(CC2COc3ccccc3O2)c(=O)[nH]c1=O. The standard InChI is InChI=1S/C14H11N3O4/c15-5-9-6-17(14(19)16-13(9)18)7-10-8-20-11-3-1-2-4-12(11)21-10/h1-4,6,10H,7-8H2,(H,16,18,19). The van der Waals surface area contributed by atoms with Crippen LogP contribution in [0.25, 0.3) is 0 Å². The second kappa shape index (κ2) is 5.17. The molecule has 3 rings (SSSR count). The third kappa shape index (κ3) is 2.51. The Morgan fingerprint density at radius 1 is 1.33 bits per heavy atom. The number of hydrogen-bond acceptors (Lipinski definition) is 5. The van der Waals surface area contributed by atoms with Gasteiger partial charge in [-0.15, -0.1) is 0 Å². The lowest BCUT2D eigenvalue weighted by molar-refractivity contribution is 0.0774. The third-order valence-corrected chi connectivity index (χ3v) is 3.10. The van der Waals surface area contributed by atoms with Gasteiger partial charge in [0.25, 0.3) is 5.56 Å². The summed E-state index contributed by atoms with van der Waals surface area (Å²) in [6, 6.07) is 8.98. The largest absolute Gasteiger partial charge is 0.486 e. The Balaban J connectivity index is 1.85. The number of hydrogen-bond donors (Lipinski definition) is 1. The molecule has 0 fully saturated rings. The van der Waals surface area contributed by atoms with Crippen LogP contribution in [0.1, 0.15) is 5.56 Å². The van der Waals surface area contributed by atoms with E-state index in [-0.39, 0.29) is 24.8 Å². The number of aromatic amines is 1. The fourth-order valence-electron chi connectivity index (χ4n) is 2.10. The lowest BCUT2D eigenvalue weighted by Gasteiger charge is -2.26. The molecular formula is C14H11N3O4. The lowest BCUT2D eigenvalue weighted by atomic mass is 10.2. The molecule has 0 spiro atoms. The topological polar surface area (TPSA) is 97.1 Å². The second-order valence-electron chi connectivity index (χ2n) is 4.56. The fourth-order valence-corrected chi connectivity index (χ4v) is 2.10. The van der Waals surface area contributed by atoms with Gasteiger partial charge in [-0.25, -0.2) is 4.79 Å². The van der Waals surface area contributed by atoms with Gasteiger partial charge in [0.1, 0.15) is 18.2 Å². The second-order valence-corrected chi connectivity index (χ2v) is 4.56. The van der Waals surface area contributed by atoms with E-state index < -0.39 is 11.2 Å². The Kier molecular flexibility index (Phi) is 3.20. The number of fused-ring (bicyclic) bond motifs is 1. The smallest absolute Gasteiger partial charge is 0.328 e. The molecule has 1 aromatic carbocycles. The van der Waals surface area contributed by atoms with Crippen molar-refractivity contribution in [2.75, 3.05) is 6.61 Å². The van der Waals surface area contributed by atoms with Crippen molar-refractivity contribution in [2.24, 2.45) is 0 Å². The van der Waals surface area contributed by atoms with Crippen molar-refractivity contribution < 1.29 is 9.47 Å². The average Bonchev–Trinajstić information content (AvgIpc) is 2.50. The van der Waals surface area contributed by atoms with Crippen LogP contribution < -0.4 is 20.7 Å². The van der Waals surface area contributed by atoms with E-state index in [2.05, 4.69) is 4.98 Å². The molecule has 0 saturated heterocycles. The van der Waals surface area contributed by atoms with Crippen molar-refractivity contribution >= 4 is 0 Å². The molecule has 0 saturated carbocycles. The van der Waals surface area contributed by atoms with Crippen molar-refractivity contribution in [1.29, 1.82) is 5.26 Å². The van der Waals surface area contributed by atoms with Crippen LogP contribution in [-0.4, -0.2) is 22.3 Å². The van der Waals surface area contributed by atoms with Crippen molar-refractivity contribution in [1.82, 2.24) is 9.55 Å². The molecule has 1 unspecified atom stereocenters. The Morgan fingerprint density at radius 2 is 2.10 bits per heavy atom. The molecule has 0 amide bonds. The van der Waals surface area contributed by atoms with Crippen LogP contribution in [0.15, 0.2) is 40.1 Å². The van der Waals surface area contributed by atoms with Crippen LogP contribution >= 0.6 is 0 Å². The molecular weight excluding hydrogens is 274 g/mol. The number of nitriles is 1. The van der Waals surface area contributed by atoms with Crippen molar-refractivity contribution in [3.8, 4) is 17.6 Å². The maximum atomic E-state index is 11.7. The molecule has 7 heteroatoms. The lowest BCUT2D eigenvalue weighted by Crippen LogP contribution is -2.39. The number of para-hydroxylation sites is 2. The van der Waals surface area contributed by atoms with E-state index in [9.17, 15) is 9.59 Å². The van der Waals surface area contributed by atoms with Crippen LogP contribution in [0.5, 0.6) is 11.5 Å². The number of rotatable bonds is 2. The summed E-state index contributed by atoms with van der Waals surface area (Å²) >= 11 is 0. The summed E-state index contributed by atoms with van der Waals surface area (Å²) in [7, 11) is 0. The summed E-state index contributed by atoms with van der Waals surface area (Å²) in [6.07, 6.45) is 0.848. The molecule has 7 nitrogen and oxygen atoms in total. The van der Waals surface area contributed by atoms with E-state index in [1.165, 1.54) is 10.8 Å². The van der Waals surface area contributed by atoms with Crippen LogP contribution in [0.2, 0.25) is 0 Å². The number of H-pyrrole nitrogens is 1. The molecule has 1 aromatic heterocycles. The highest BCUT2D eigenvalue weighted by Gasteiger charge is 2.21. The molecule has 2 aromatic rings. The van der Waals surface area contributed by atoms with Crippen LogP contribution in [0, 0.1) is 11.3 Å². The van der Waals surface area contributed by atoms with Crippen LogP contribution in [0.3, 0.4) is 0 Å². The first-order valence-electron chi connectivity index (χ1n) is 6.30. The minimum atomic E-state index is -0.690. The van der Waals surface area contributed by atoms with Gasteiger partial charge in [0.2, 0.25) is 0 Å². The summed E-state index contributed by atoms with van der Waals surface area (Å²) in [5, 5.41) is 8.83. The van der Waals surface area contributed by atoms with Crippen LogP contribution in [-0.2, 0) is 6.54 Å². The Labute approximate surface area is 119 Å². The van der Waals surface area contributed by atoms with Crippen molar-refractivity contribution in [3.05, 3.63) is 56.9 Å². The van der Waals surface area contributed by atoms with Crippen molar-refractivity contribution in [3.63, 3.8) is 0 Å². The van der Waals surface area contributed by atoms with Crippen LogP contribution in [0.4, 0.5) is 0 Å². The van der Waals surface area contributed by atoms with E-state index in [1.807, 2.05) is 12.1 Å². The van der Waals surface area contributed by atoms with Gasteiger partial charge in [-0.1, -0.05) is 12.1 Å². The molecule has 1 aliphatic heterocycles. The number of aromatic nitrogens is 2. The molecule has 0 bridgehead atoms. The zero-order valence-electron chi connectivity index (χ0n) is 10.9. The van der Waals surface area contributed by atoms with Gasteiger partial charge in [0, 0.05) is 6.20 Å². The van der Waals surface area contributed by atoms with Gasteiger partial charge in [-0.2, -0.15) is 5.26 Å². The summed E-state index contributed by atoms with van der Waals surface area (Å²) in [5.41, 5.74) is -1.39. The normalized spacial score (nSPS) is 16.2. The van der Waals surface area contributed by atoms with E-state index in [1.54, 1.807) is 18.2 Å². The highest BCUT2D eigenvalue weighted by molar-refractivity contribution is 5.40. The van der Waals surface area contributed by atoms with Crippen molar-refractivity contribution in [2.45, 2.75) is 12.6 Å². The first-order valence-corrected chi connectivity index (χ1v) is 6.30. The highest BCUT2D eigenvalue weighted by atomic mass is 16.6. The molecule has 1 aliphatic rings. The number of benzene rings is 1. The molecule has 21 heavy (non-hydrogen) atoms. The molecule has 0 radical (unpaired) electrons.